The lowest BCUT2D eigenvalue weighted by molar-refractivity contribution is -0.150. The van der Waals surface area contributed by atoms with Crippen LogP contribution in [0.1, 0.15) is 36.9 Å². The Morgan fingerprint density at radius 3 is 2.89 bits per heavy atom. The Kier molecular flexibility index (Phi) is 3.86. The highest BCUT2D eigenvalue weighted by atomic mass is 16.3. The lowest BCUT2D eigenvalue weighted by atomic mass is 9.72. The van der Waals surface area contributed by atoms with Crippen LogP contribution < -0.4 is 4.90 Å². The largest absolute Gasteiger partial charge is 0.394 e. The number of hydrogen-bond acceptors (Lipinski definition) is 6. The van der Waals surface area contributed by atoms with E-state index in [-0.39, 0.29) is 30.5 Å². The zero-order valence-corrected chi connectivity index (χ0v) is 15.9. The van der Waals surface area contributed by atoms with E-state index in [0.717, 1.165) is 54.9 Å². The molecular formula is C19H26N6O2. The number of anilines is 1. The van der Waals surface area contributed by atoms with Gasteiger partial charge in [-0.15, -0.1) is 10.2 Å². The lowest BCUT2D eigenvalue weighted by Crippen LogP contribution is -2.66. The maximum absolute atomic E-state index is 12.6. The van der Waals surface area contributed by atoms with Gasteiger partial charge in [0.2, 0.25) is 11.6 Å². The number of aliphatic hydroxyl groups is 1. The molecule has 0 saturated carbocycles. The van der Waals surface area contributed by atoms with Gasteiger partial charge in [-0.25, -0.2) is 0 Å². The van der Waals surface area contributed by atoms with Gasteiger partial charge in [-0.2, -0.15) is 9.61 Å². The van der Waals surface area contributed by atoms with Gasteiger partial charge in [0.05, 0.1) is 24.0 Å². The average Bonchev–Trinajstić information content (AvgIpc) is 3.11. The molecule has 3 aliphatic heterocycles. The Morgan fingerprint density at radius 2 is 2.07 bits per heavy atom. The number of carbonyl (C=O) groups is 1. The Morgan fingerprint density at radius 1 is 1.26 bits per heavy atom. The number of rotatable bonds is 2. The van der Waals surface area contributed by atoms with E-state index in [9.17, 15) is 9.90 Å². The fourth-order valence-corrected chi connectivity index (χ4v) is 5.61. The molecule has 3 fully saturated rings. The summed E-state index contributed by atoms with van der Waals surface area (Å²) in [6.45, 7) is 5.89. The quantitative estimate of drug-likeness (QED) is 0.847. The van der Waals surface area contributed by atoms with E-state index in [1.54, 1.807) is 10.8 Å². The molecule has 2 bridgehead atoms. The summed E-state index contributed by atoms with van der Waals surface area (Å²) in [4.78, 5) is 17.0. The van der Waals surface area contributed by atoms with Crippen molar-refractivity contribution in [3.8, 4) is 0 Å². The van der Waals surface area contributed by atoms with E-state index in [1.807, 2.05) is 11.8 Å². The van der Waals surface area contributed by atoms with Crippen molar-refractivity contribution in [1.29, 1.82) is 0 Å². The first-order valence-electron chi connectivity index (χ1n) is 9.92. The van der Waals surface area contributed by atoms with E-state index in [4.69, 9.17) is 0 Å². The van der Waals surface area contributed by atoms with Crippen LogP contribution in [0, 0.1) is 25.7 Å². The molecule has 8 heteroatoms. The van der Waals surface area contributed by atoms with Gasteiger partial charge in [0, 0.05) is 25.6 Å². The summed E-state index contributed by atoms with van der Waals surface area (Å²) in [6.07, 6.45) is 5.36. The van der Waals surface area contributed by atoms with Crippen LogP contribution in [0.25, 0.3) is 5.65 Å². The van der Waals surface area contributed by atoms with Gasteiger partial charge in [-0.05, 0) is 50.5 Å². The van der Waals surface area contributed by atoms with Crippen molar-refractivity contribution in [2.24, 2.45) is 11.8 Å². The Balaban J connectivity index is 1.56. The first-order valence-corrected chi connectivity index (χ1v) is 9.92. The van der Waals surface area contributed by atoms with Crippen molar-refractivity contribution < 1.29 is 9.90 Å². The molecule has 0 radical (unpaired) electrons. The fourth-order valence-electron chi connectivity index (χ4n) is 5.61. The van der Waals surface area contributed by atoms with Gasteiger partial charge >= 0.3 is 0 Å². The minimum absolute atomic E-state index is 0.0438. The van der Waals surface area contributed by atoms with Crippen LogP contribution in [0.3, 0.4) is 0 Å². The Hall–Kier alpha value is -2.22. The predicted molar refractivity (Wildman–Crippen MR) is 99.4 cm³/mol. The van der Waals surface area contributed by atoms with Crippen LogP contribution in [0.4, 0.5) is 5.69 Å². The van der Waals surface area contributed by atoms with Crippen molar-refractivity contribution in [3.05, 3.63) is 17.6 Å². The highest BCUT2D eigenvalue weighted by Gasteiger charge is 2.49. The van der Waals surface area contributed by atoms with Crippen molar-refractivity contribution in [3.63, 3.8) is 0 Å². The number of amides is 1. The SMILES string of the molecule is Cc1nn2cnnc2c(N2C[C@H]3C[C@@H](C2)[C@H](CO)N2C(=O)CCC[C@@H]32)c1C. The maximum Gasteiger partial charge on any atom is 0.223 e. The third-order valence-corrected chi connectivity index (χ3v) is 6.90. The first kappa shape index (κ1) is 16.9. The molecule has 1 amide bonds. The molecule has 3 saturated heterocycles. The number of carbonyl (C=O) groups excluding carboxylic acids is 1. The van der Waals surface area contributed by atoms with Gasteiger partial charge in [-0.1, -0.05) is 0 Å². The number of aromatic nitrogens is 4. The smallest absolute Gasteiger partial charge is 0.223 e. The first-order chi connectivity index (χ1) is 13.1. The summed E-state index contributed by atoms with van der Waals surface area (Å²) < 4.78 is 1.75. The summed E-state index contributed by atoms with van der Waals surface area (Å²) >= 11 is 0. The van der Waals surface area contributed by atoms with Crippen LogP contribution in [-0.2, 0) is 4.79 Å². The third kappa shape index (κ3) is 2.46. The van der Waals surface area contributed by atoms with Gasteiger partial charge in [0.25, 0.3) is 0 Å². The van der Waals surface area contributed by atoms with Crippen molar-refractivity contribution in [1.82, 2.24) is 24.7 Å². The second kappa shape index (κ2) is 6.15. The van der Waals surface area contributed by atoms with Crippen LogP contribution in [-0.4, -0.2) is 67.5 Å². The number of nitrogens with zero attached hydrogens (tertiary/aromatic N) is 6. The number of hydrogen-bond donors (Lipinski definition) is 1. The zero-order valence-electron chi connectivity index (χ0n) is 15.9. The molecule has 2 aromatic rings. The molecule has 27 heavy (non-hydrogen) atoms. The van der Waals surface area contributed by atoms with Crippen molar-refractivity contribution >= 4 is 17.2 Å². The van der Waals surface area contributed by atoms with Gasteiger partial charge in [-0.3, -0.25) is 4.79 Å². The lowest BCUT2D eigenvalue weighted by Gasteiger charge is -2.56. The van der Waals surface area contributed by atoms with Crippen LogP contribution >= 0.6 is 0 Å². The van der Waals surface area contributed by atoms with Gasteiger partial charge in [0.15, 0.2) is 0 Å². The molecule has 0 aliphatic carbocycles. The van der Waals surface area contributed by atoms with Gasteiger partial charge < -0.3 is 14.9 Å². The Bertz CT molecular complexity index is 882. The molecule has 4 atom stereocenters. The Labute approximate surface area is 158 Å². The van der Waals surface area contributed by atoms with E-state index in [1.165, 1.54) is 0 Å². The van der Waals surface area contributed by atoms with Crippen molar-refractivity contribution in [2.75, 3.05) is 24.6 Å². The summed E-state index contributed by atoms with van der Waals surface area (Å²) in [5.41, 5.74) is 3.99. The minimum atomic E-state index is -0.0704. The molecule has 2 aromatic heterocycles. The average molecular weight is 370 g/mol. The fraction of sp³-hybridized carbons (Fsp3) is 0.684. The van der Waals surface area contributed by atoms with E-state index < -0.39 is 0 Å². The molecule has 0 spiro atoms. The molecule has 144 valence electrons. The van der Waals surface area contributed by atoms with Crippen LogP contribution in [0.15, 0.2) is 6.33 Å². The van der Waals surface area contributed by atoms with Gasteiger partial charge in [0.1, 0.15) is 6.33 Å². The topological polar surface area (TPSA) is 86.9 Å². The molecular weight excluding hydrogens is 344 g/mol. The summed E-state index contributed by atoms with van der Waals surface area (Å²) in [6, 6.07) is 0.179. The zero-order chi connectivity index (χ0) is 18.7. The maximum atomic E-state index is 12.6. The second-order valence-electron chi connectivity index (χ2n) is 8.33. The highest BCUT2D eigenvalue weighted by Crippen LogP contribution is 2.43. The van der Waals surface area contributed by atoms with Crippen molar-refractivity contribution in [2.45, 2.75) is 51.6 Å². The number of aliphatic hydroxyl groups excluding tert-OH is 1. The molecule has 5 rings (SSSR count). The summed E-state index contributed by atoms with van der Waals surface area (Å²) in [5, 5.41) is 23.0. The number of piperidine rings is 3. The molecule has 1 N–H and O–H groups in total. The number of fused-ring (bicyclic) bond motifs is 5. The monoisotopic (exact) mass is 370 g/mol. The number of aryl methyl sites for hydroxylation is 1. The summed E-state index contributed by atoms with van der Waals surface area (Å²) in [5.74, 6) is 0.943. The molecule has 5 heterocycles. The highest BCUT2D eigenvalue weighted by molar-refractivity contribution is 5.78. The minimum Gasteiger partial charge on any atom is -0.394 e. The molecule has 0 unspecified atom stereocenters. The van der Waals surface area contributed by atoms with Crippen LogP contribution in [0.5, 0.6) is 0 Å². The second-order valence-corrected chi connectivity index (χ2v) is 8.33. The van der Waals surface area contributed by atoms with E-state index in [0.29, 0.717) is 12.3 Å². The van der Waals surface area contributed by atoms with Crippen LogP contribution in [0.2, 0.25) is 0 Å². The predicted octanol–water partition coefficient (Wildman–Crippen LogP) is 0.939. The third-order valence-electron chi connectivity index (χ3n) is 6.90. The standard InChI is InChI=1S/C19H26N6O2/c1-11-12(2)22-24-10-20-21-19(24)18(11)23-7-13-6-14(8-23)16(9-26)25-15(13)4-3-5-17(25)27/h10,13-16,26H,3-9H2,1-2H3/t13-,14+,15+,16+/m1/s1. The van der Waals surface area contributed by atoms with E-state index in [2.05, 4.69) is 27.1 Å². The molecule has 8 nitrogen and oxygen atoms in total. The normalized spacial score (nSPS) is 30.7. The van der Waals surface area contributed by atoms with E-state index >= 15 is 0 Å². The molecule has 3 aliphatic rings. The molecule has 0 aromatic carbocycles. The summed E-state index contributed by atoms with van der Waals surface area (Å²) in [7, 11) is 0.